The number of halogens is 1. The second kappa shape index (κ2) is 7.16. The first-order valence-electron chi connectivity index (χ1n) is 7.54. The largest absolute Gasteiger partial charge is 0.324 e. The molecule has 4 heteroatoms. The number of rotatable bonds is 5. The molecule has 0 amide bonds. The molecule has 1 saturated heterocycles. The Labute approximate surface area is 121 Å². The molecule has 2 rings (SSSR count). The van der Waals surface area contributed by atoms with Crippen LogP contribution in [0, 0.1) is 5.82 Å². The monoisotopic (exact) mass is 279 g/mol. The van der Waals surface area contributed by atoms with Gasteiger partial charge in [0, 0.05) is 50.4 Å². The first kappa shape index (κ1) is 15.4. The van der Waals surface area contributed by atoms with E-state index in [9.17, 15) is 4.39 Å². The van der Waals surface area contributed by atoms with Crippen molar-refractivity contribution in [2.45, 2.75) is 32.4 Å². The molecule has 1 heterocycles. The Morgan fingerprint density at radius 3 is 2.40 bits per heavy atom. The van der Waals surface area contributed by atoms with Crippen LogP contribution in [0.5, 0.6) is 0 Å². The number of hydrogen-bond donors (Lipinski definition) is 1. The second-order valence-corrected chi connectivity index (χ2v) is 5.89. The Kier molecular flexibility index (Phi) is 5.52. The lowest BCUT2D eigenvalue weighted by Gasteiger charge is -2.37. The summed E-state index contributed by atoms with van der Waals surface area (Å²) in [6.07, 6.45) is 0.808. The average Bonchev–Trinajstić information content (AvgIpc) is 2.45. The molecular formula is C16H26FN3. The van der Waals surface area contributed by atoms with Crippen LogP contribution in [0.1, 0.15) is 31.9 Å². The molecule has 1 fully saturated rings. The van der Waals surface area contributed by atoms with E-state index in [2.05, 4.69) is 23.6 Å². The lowest BCUT2D eigenvalue weighted by atomic mass is 10.0. The molecule has 1 aromatic rings. The van der Waals surface area contributed by atoms with Gasteiger partial charge in [0.05, 0.1) is 0 Å². The van der Waals surface area contributed by atoms with Gasteiger partial charge in [-0.05, 0) is 26.3 Å². The highest BCUT2D eigenvalue weighted by Gasteiger charge is 2.19. The van der Waals surface area contributed by atoms with Gasteiger partial charge < -0.3 is 10.6 Å². The third kappa shape index (κ3) is 4.01. The van der Waals surface area contributed by atoms with Crippen LogP contribution in [-0.2, 0) is 0 Å². The highest BCUT2D eigenvalue weighted by atomic mass is 19.1. The number of hydrogen-bond acceptors (Lipinski definition) is 3. The molecule has 112 valence electrons. The molecular weight excluding hydrogens is 253 g/mol. The first-order valence-corrected chi connectivity index (χ1v) is 7.54. The normalized spacial score (nSPS) is 19.4. The molecule has 0 aliphatic carbocycles. The summed E-state index contributed by atoms with van der Waals surface area (Å²) in [5.74, 6) is -0.190. The van der Waals surface area contributed by atoms with Gasteiger partial charge in [-0.3, -0.25) is 4.90 Å². The van der Waals surface area contributed by atoms with Crippen LogP contribution >= 0.6 is 0 Å². The summed E-state index contributed by atoms with van der Waals surface area (Å²) in [6.45, 7) is 9.83. The van der Waals surface area contributed by atoms with Crippen LogP contribution in [0.4, 0.5) is 4.39 Å². The van der Waals surface area contributed by atoms with Gasteiger partial charge in [0.1, 0.15) is 5.82 Å². The molecule has 2 N–H and O–H groups in total. The predicted molar refractivity (Wildman–Crippen MR) is 81.1 cm³/mol. The fourth-order valence-corrected chi connectivity index (χ4v) is 2.76. The van der Waals surface area contributed by atoms with Crippen molar-refractivity contribution in [3.63, 3.8) is 0 Å². The number of benzene rings is 1. The molecule has 0 radical (unpaired) electrons. The molecule has 0 bridgehead atoms. The van der Waals surface area contributed by atoms with Crippen molar-refractivity contribution in [3.05, 3.63) is 35.6 Å². The van der Waals surface area contributed by atoms with Crippen LogP contribution in [0.3, 0.4) is 0 Å². The summed E-state index contributed by atoms with van der Waals surface area (Å²) in [5.41, 5.74) is 6.74. The van der Waals surface area contributed by atoms with Crippen LogP contribution < -0.4 is 5.73 Å². The molecule has 0 spiro atoms. The topological polar surface area (TPSA) is 32.5 Å². The molecule has 1 aliphatic rings. The van der Waals surface area contributed by atoms with Gasteiger partial charge in [0.25, 0.3) is 0 Å². The highest BCUT2D eigenvalue weighted by molar-refractivity contribution is 5.20. The van der Waals surface area contributed by atoms with Crippen LogP contribution in [0.2, 0.25) is 0 Å². The van der Waals surface area contributed by atoms with Crippen LogP contribution in [0.25, 0.3) is 0 Å². The SMILES string of the molecule is CC(C)N1CCN(CCC(N)c2ccccc2F)CC1. The number of nitrogens with zero attached hydrogens (tertiary/aromatic N) is 2. The van der Waals surface area contributed by atoms with E-state index in [1.54, 1.807) is 12.1 Å². The molecule has 1 aliphatic heterocycles. The van der Waals surface area contributed by atoms with Crippen molar-refractivity contribution in [1.29, 1.82) is 0 Å². The highest BCUT2D eigenvalue weighted by Crippen LogP contribution is 2.18. The summed E-state index contributed by atoms with van der Waals surface area (Å²) >= 11 is 0. The molecule has 1 aromatic carbocycles. The van der Waals surface area contributed by atoms with E-state index in [0.717, 1.165) is 39.1 Å². The molecule has 0 aromatic heterocycles. The Hall–Kier alpha value is -0.970. The van der Waals surface area contributed by atoms with Crippen molar-refractivity contribution in [2.75, 3.05) is 32.7 Å². The third-order valence-electron chi connectivity index (χ3n) is 4.20. The Bertz CT molecular complexity index is 414. The fourth-order valence-electron chi connectivity index (χ4n) is 2.76. The summed E-state index contributed by atoms with van der Waals surface area (Å²) in [7, 11) is 0. The van der Waals surface area contributed by atoms with Gasteiger partial charge in [0.15, 0.2) is 0 Å². The van der Waals surface area contributed by atoms with Crippen LogP contribution in [-0.4, -0.2) is 48.6 Å². The molecule has 1 unspecified atom stereocenters. The molecule has 1 atom stereocenters. The Morgan fingerprint density at radius 2 is 1.80 bits per heavy atom. The van der Waals surface area contributed by atoms with Gasteiger partial charge in [-0.1, -0.05) is 18.2 Å². The number of piperazine rings is 1. The third-order valence-corrected chi connectivity index (χ3v) is 4.20. The van der Waals surface area contributed by atoms with Crippen molar-refractivity contribution >= 4 is 0 Å². The smallest absolute Gasteiger partial charge is 0.127 e. The zero-order valence-electron chi connectivity index (χ0n) is 12.6. The summed E-state index contributed by atoms with van der Waals surface area (Å²) < 4.78 is 13.6. The maximum absolute atomic E-state index is 13.6. The van der Waals surface area contributed by atoms with Crippen molar-refractivity contribution < 1.29 is 4.39 Å². The van der Waals surface area contributed by atoms with Gasteiger partial charge in [0.2, 0.25) is 0 Å². The van der Waals surface area contributed by atoms with Crippen molar-refractivity contribution in [1.82, 2.24) is 9.80 Å². The minimum atomic E-state index is -0.209. The average molecular weight is 279 g/mol. The summed E-state index contributed by atoms with van der Waals surface area (Å²) in [5, 5.41) is 0. The lowest BCUT2D eigenvalue weighted by Crippen LogP contribution is -2.49. The molecule has 20 heavy (non-hydrogen) atoms. The minimum Gasteiger partial charge on any atom is -0.324 e. The summed E-state index contributed by atoms with van der Waals surface area (Å²) in [6, 6.07) is 7.24. The van der Waals surface area contributed by atoms with Crippen molar-refractivity contribution in [3.8, 4) is 0 Å². The maximum Gasteiger partial charge on any atom is 0.127 e. The second-order valence-electron chi connectivity index (χ2n) is 5.89. The van der Waals surface area contributed by atoms with E-state index in [1.807, 2.05) is 6.07 Å². The Morgan fingerprint density at radius 1 is 1.15 bits per heavy atom. The van der Waals surface area contributed by atoms with Gasteiger partial charge in [-0.2, -0.15) is 0 Å². The van der Waals surface area contributed by atoms with Gasteiger partial charge in [-0.25, -0.2) is 4.39 Å². The lowest BCUT2D eigenvalue weighted by molar-refractivity contribution is 0.106. The van der Waals surface area contributed by atoms with E-state index in [0.29, 0.717) is 11.6 Å². The molecule has 3 nitrogen and oxygen atoms in total. The summed E-state index contributed by atoms with van der Waals surface area (Å²) in [4.78, 5) is 4.92. The van der Waals surface area contributed by atoms with E-state index in [4.69, 9.17) is 5.73 Å². The fraction of sp³-hybridized carbons (Fsp3) is 0.625. The standard InChI is InChI=1S/C16H26FN3/c1-13(2)20-11-9-19(10-12-20)8-7-16(18)14-5-3-4-6-15(14)17/h3-6,13,16H,7-12,18H2,1-2H3. The van der Waals surface area contributed by atoms with Crippen molar-refractivity contribution in [2.24, 2.45) is 5.73 Å². The molecule has 0 saturated carbocycles. The minimum absolute atomic E-state index is 0.190. The zero-order valence-corrected chi connectivity index (χ0v) is 12.6. The van der Waals surface area contributed by atoms with Crippen LogP contribution in [0.15, 0.2) is 24.3 Å². The zero-order chi connectivity index (χ0) is 14.5. The quantitative estimate of drug-likeness (QED) is 0.897. The maximum atomic E-state index is 13.6. The van der Waals surface area contributed by atoms with E-state index >= 15 is 0 Å². The Balaban J connectivity index is 1.78. The van der Waals surface area contributed by atoms with E-state index < -0.39 is 0 Å². The van der Waals surface area contributed by atoms with Gasteiger partial charge >= 0.3 is 0 Å². The first-order chi connectivity index (χ1) is 9.58. The van der Waals surface area contributed by atoms with Gasteiger partial charge in [-0.15, -0.1) is 0 Å². The van der Waals surface area contributed by atoms with E-state index in [-0.39, 0.29) is 11.9 Å². The van der Waals surface area contributed by atoms with E-state index in [1.165, 1.54) is 6.07 Å². The number of nitrogens with two attached hydrogens (primary N) is 1. The predicted octanol–water partition coefficient (Wildman–Crippen LogP) is 2.24.